The monoisotopic (exact) mass is 600 g/mol. The number of methoxy groups -OCH3 is 1. The van der Waals surface area contributed by atoms with Crippen LogP contribution in [0.3, 0.4) is 0 Å². The SMILES string of the molecule is CCCN1C(=O)[C@H]2[C@H](CC=C3[C@H]2C[C@@]2(Cl)C(=O)N(c4ccc(F)cc4)C(=O)[C@@]2(Cl)[C@H]3c2ccc(OC)c(O)c2)C1=O. The van der Waals surface area contributed by atoms with Gasteiger partial charge in [-0.25, -0.2) is 9.29 Å². The van der Waals surface area contributed by atoms with Gasteiger partial charge in [-0.1, -0.05) is 24.6 Å². The van der Waals surface area contributed by atoms with Gasteiger partial charge in [-0.05, 0) is 67.1 Å². The smallest absolute Gasteiger partial charge is 0.258 e. The fraction of sp³-hybridized carbons (Fsp3) is 0.400. The second-order valence-electron chi connectivity index (χ2n) is 11.0. The second kappa shape index (κ2) is 9.56. The molecule has 2 aliphatic carbocycles. The molecule has 2 heterocycles. The van der Waals surface area contributed by atoms with Gasteiger partial charge in [-0.15, -0.1) is 23.2 Å². The molecular weight excluding hydrogens is 574 g/mol. The van der Waals surface area contributed by atoms with Gasteiger partial charge in [0.05, 0.1) is 24.6 Å². The molecule has 1 N–H and O–H groups in total. The summed E-state index contributed by atoms with van der Waals surface area (Å²) in [5, 5.41) is 10.7. The Balaban J connectivity index is 1.55. The fourth-order valence-corrected chi connectivity index (χ4v) is 8.10. The van der Waals surface area contributed by atoms with Crippen molar-refractivity contribution in [2.45, 2.75) is 41.9 Å². The van der Waals surface area contributed by atoms with Crippen molar-refractivity contribution in [2.24, 2.45) is 17.8 Å². The maximum atomic E-state index is 14.3. The van der Waals surface area contributed by atoms with Crippen LogP contribution < -0.4 is 9.64 Å². The number of ether oxygens (including phenoxy) is 1. The number of aromatic hydroxyl groups is 1. The van der Waals surface area contributed by atoms with E-state index in [1.54, 1.807) is 6.07 Å². The molecule has 3 fully saturated rings. The number of phenolic OH excluding ortho intramolecular Hbond substituents is 1. The quantitative estimate of drug-likeness (QED) is 0.307. The number of fused-ring (bicyclic) bond motifs is 4. The molecule has 8 nitrogen and oxygen atoms in total. The summed E-state index contributed by atoms with van der Waals surface area (Å²) in [6.07, 6.45) is 2.52. The Hall–Kier alpha value is -3.43. The van der Waals surface area contributed by atoms with Crippen LogP contribution in [0, 0.1) is 23.6 Å². The second-order valence-corrected chi connectivity index (χ2v) is 12.3. The van der Waals surface area contributed by atoms with E-state index < -0.39 is 51.1 Å². The van der Waals surface area contributed by atoms with Crippen LogP contribution in [-0.2, 0) is 19.2 Å². The summed E-state index contributed by atoms with van der Waals surface area (Å²) in [5.74, 6) is -5.86. The van der Waals surface area contributed by atoms with E-state index in [0.29, 0.717) is 17.6 Å². The van der Waals surface area contributed by atoms with E-state index in [1.165, 1.54) is 36.3 Å². The minimum atomic E-state index is -2.06. The highest BCUT2D eigenvalue weighted by molar-refractivity contribution is 6.58. The third kappa shape index (κ3) is 3.64. The molecule has 6 atom stereocenters. The lowest BCUT2D eigenvalue weighted by Gasteiger charge is -2.50. The van der Waals surface area contributed by atoms with Crippen molar-refractivity contribution in [3.05, 3.63) is 65.5 Å². The maximum Gasteiger partial charge on any atom is 0.258 e. The molecule has 2 aromatic carbocycles. The van der Waals surface area contributed by atoms with Crippen molar-refractivity contribution in [3.8, 4) is 11.5 Å². The zero-order chi connectivity index (χ0) is 29.4. The third-order valence-corrected chi connectivity index (χ3v) is 10.4. The number of likely N-dealkylation sites (tertiary alicyclic amines) is 1. The summed E-state index contributed by atoms with van der Waals surface area (Å²) in [4.78, 5) is 53.4. The number of carbonyl (C=O) groups excluding carboxylic acids is 4. The first-order valence-electron chi connectivity index (χ1n) is 13.4. The van der Waals surface area contributed by atoms with Gasteiger partial charge < -0.3 is 9.84 Å². The van der Waals surface area contributed by atoms with Gasteiger partial charge in [0.2, 0.25) is 11.8 Å². The highest BCUT2D eigenvalue weighted by Crippen LogP contribution is 2.66. The molecule has 0 unspecified atom stereocenters. The molecule has 2 saturated heterocycles. The first-order valence-corrected chi connectivity index (χ1v) is 14.2. The normalized spacial score (nSPS) is 32.6. The number of rotatable bonds is 5. The summed E-state index contributed by atoms with van der Waals surface area (Å²) >= 11 is 14.6. The number of allylic oxidation sites excluding steroid dienone is 2. The summed E-state index contributed by atoms with van der Waals surface area (Å²) in [7, 11) is 1.40. The molecule has 41 heavy (non-hydrogen) atoms. The van der Waals surface area contributed by atoms with Crippen LogP contribution in [0.25, 0.3) is 0 Å². The van der Waals surface area contributed by atoms with E-state index in [4.69, 9.17) is 27.9 Å². The molecule has 0 aromatic heterocycles. The van der Waals surface area contributed by atoms with E-state index in [9.17, 15) is 28.7 Å². The van der Waals surface area contributed by atoms with E-state index >= 15 is 0 Å². The number of hydrogen-bond acceptors (Lipinski definition) is 6. The minimum Gasteiger partial charge on any atom is -0.504 e. The zero-order valence-corrected chi connectivity index (χ0v) is 23.8. The molecule has 214 valence electrons. The van der Waals surface area contributed by atoms with Crippen molar-refractivity contribution in [2.75, 3.05) is 18.6 Å². The lowest BCUT2D eigenvalue weighted by atomic mass is 9.56. The number of phenols is 1. The van der Waals surface area contributed by atoms with Gasteiger partial charge in [0.25, 0.3) is 11.8 Å². The van der Waals surface area contributed by atoms with Crippen LogP contribution in [0.5, 0.6) is 11.5 Å². The van der Waals surface area contributed by atoms with E-state index in [-0.39, 0.29) is 48.4 Å². The Kier molecular flexibility index (Phi) is 6.46. The van der Waals surface area contributed by atoms with Crippen LogP contribution in [0.1, 0.15) is 37.7 Å². The number of hydrogen-bond donors (Lipinski definition) is 1. The number of anilines is 1. The zero-order valence-electron chi connectivity index (χ0n) is 22.3. The largest absolute Gasteiger partial charge is 0.504 e. The molecule has 1 saturated carbocycles. The van der Waals surface area contributed by atoms with Crippen molar-refractivity contribution < 1.29 is 33.4 Å². The van der Waals surface area contributed by atoms with E-state index in [2.05, 4.69) is 0 Å². The lowest BCUT2D eigenvalue weighted by Crippen LogP contribution is -2.60. The first-order chi connectivity index (χ1) is 19.5. The lowest BCUT2D eigenvalue weighted by molar-refractivity contribution is -0.140. The average Bonchev–Trinajstić information content (AvgIpc) is 3.27. The predicted molar refractivity (Wildman–Crippen MR) is 148 cm³/mol. The Labute approximate surface area is 245 Å². The Morgan fingerprint density at radius 3 is 2.37 bits per heavy atom. The molecule has 4 aliphatic rings. The van der Waals surface area contributed by atoms with E-state index in [0.717, 1.165) is 17.0 Å². The van der Waals surface area contributed by atoms with E-state index in [1.807, 2.05) is 13.0 Å². The van der Waals surface area contributed by atoms with Crippen LogP contribution in [0.4, 0.5) is 10.1 Å². The Morgan fingerprint density at radius 1 is 1.02 bits per heavy atom. The highest BCUT2D eigenvalue weighted by Gasteiger charge is 2.76. The Morgan fingerprint density at radius 2 is 1.73 bits per heavy atom. The van der Waals surface area contributed by atoms with Crippen molar-refractivity contribution in [1.29, 1.82) is 0 Å². The third-order valence-electron chi connectivity index (χ3n) is 8.97. The number of alkyl halides is 2. The van der Waals surface area contributed by atoms with Crippen LogP contribution >= 0.6 is 23.2 Å². The molecule has 6 rings (SSSR count). The van der Waals surface area contributed by atoms with Crippen molar-refractivity contribution in [3.63, 3.8) is 0 Å². The summed E-state index contributed by atoms with van der Waals surface area (Å²) in [6.45, 7) is 2.16. The predicted octanol–water partition coefficient (Wildman–Crippen LogP) is 4.51. The highest BCUT2D eigenvalue weighted by atomic mass is 35.5. The molecule has 4 amide bonds. The van der Waals surface area contributed by atoms with Crippen molar-refractivity contribution in [1.82, 2.24) is 4.90 Å². The van der Waals surface area contributed by atoms with Gasteiger partial charge in [0, 0.05) is 12.5 Å². The van der Waals surface area contributed by atoms with Gasteiger partial charge >= 0.3 is 0 Å². The average molecular weight is 601 g/mol. The molecule has 0 spiro atoms. The van der Waals surface area contributed by atoms with Crippen LogP contribution in [0.15, 0.2) is 54.1 Å². The number of benzene rings is 2. The molecular formula is C30H27Cl2FN2O6. The number of imide groups is 2. The topological polar surface area (TPSA) is 104 Å². The molecule has 0 bridgehead atoms. The van der Waals surface area contributed by atoms with Crippen molar-refractivity contribution >= 4 is 52.5 Å². The Bertz CT molecular complexity index is 1530. The first kappa shape index (κ1) is 27.7. The molecule has 11 heteroatoms. The van der Waals surface area contributed by atoms with Gasteiger partial charge in [-0.2, -0.15) is 0 Å². The number of amides is 4. The molecule has 0 radical (unpaired) electrons. The number of halogens is 3. The van der Waals surface area contributed by atoms with Crippen LogP contribution in [-0.4, -0.2) is 57.0 Å². The number of nitrogens with zero attached hydrogens (tertiary/aromatic N) is 2. The molecule has 2 aliphatic heterocycles. The number of carbonyl (C=O) groups is 4. The maximum absolute atomic E-state index is 14.3. The van der Waals surface area contributed by atoms with Gasteiger partial charge in [0.15, 0.2) is 21.2 Å². The molecule has 2 aromatic rings. The summed E-state index contributed by atoms with van der Waals surface area (Å²) < 4.78 is 18.9. The summed E-state index contributed by atoms with van der Waals surface area (Å²) in [5.41, 5.74) is 1.11. The van der Waals surface area contributed by atoms with Gasteiger partial charge in [-0.3, -0.25) is 24.1 Å². The standard InChI is InChI=1S/C30H27Cl2FN2O6/c1-3-12-34-25(37)19-10-9-18-20(23(19)26(34)38)14-29(31)27(39)35(17-7-5-16(33)6-8-17)28(40)30(29,32)24(18)15-4-11-22(41-2)21(36)13-15/h4-9,11,13,19-20,23-24,36H,3,10,12,14H2,1-2H3/t19-,20+,23-,24-,29+,30-/m0/s1. The minimum absolute atomic E-state index is 0.100. The van der Waals surface area contributed by atoms with Crippen LogP contribution in [0.2, 0.25) is 0 Å². The van der Waals surface area contributed by atoms with Gasteiger partial charge in [0.1, 0.15) is 5.82 Å². The summed E-state index contributed by atoms with van der Waals surface area (Å²) in [6, 6.07) is 9.38. The fourth-order valence-electron chi connectivity index (χ4n) is 7.17.